The van der Waals surface area contributed by atoms with E-state index in [1.807, 2.05) is 42.5 Å². The summed E-state index contributed by atoms with van der Waals surface area (Å²) < 4.78 is 0. The number of halogens is 1. The summed E-state index contributed by atoms with van der Waals surface area (Å²) in [6.07, 6.45) is 1.47. The third-order valence-corrected chi connectivity index (χ3v) is 5.72. The Morgan fingerprint density at radius 2 is 1.79 bits per heavy atom. The lowest BCUT2D eigenvalue weighted by atomic mass is 10.1. The molecule has 3 aromatic carbocycles. The summed E-state index contributed by atoms with van der Waals surface area (Å²) in [5.74, 6) is -0.425. The normalized spacial score (nSPS) is 15.5. The van der Waals surface area contributed by atoms with Crippen LogP contribution in [0, 0.1) is 10.1 Å². The molecule has 4 rings (SSSR count). The first-order valence-corrected chi connectivity index (χ1v) is 9.79. The number of thioether (sulfide) groups is 1. The van der Waals surface area contributed by atoms with Gasteiger partial charge in [-0.05, 0) is 51.9 Å². The van der Waals surface area contributed by atoms with Crippen molar-refractivity contribution in [3.8, 4) is 0 Å². The number of imide groups is 1. The van der Waals surface area contributed by atoms with Gasteiger partial charge in [-0.2, -0.15) is 0 Å². The Morgan fingerprint density at radius 3 is 2.55 bits per heavy atom. The third-order valence-electron chi connectivity index (χ3n) is 4.49. The lowest BCUT2D eigenvalue weighted by molar-refractivity contribution is -0.384. The van der Waals surface area contributed by atoms with Gasteiger partial charge in [0, 0.05) is 6.07 Å². The summed E-state index contributed by atoms with van der Waals surface area (Å²) in [7, 11) is 0. The first-order valence-electron chi connectivity index (χ1n) is 8.59. The molecule has 0 N–H and O–H groups in total. The maximum Gasteiger partial charge on any atom is 0.293 e. The Balaban J connectivity index is 1.59. The van der Waals surface area contributed by atoms with E-state index < -0.39 is 10.8 Å². The van der Waals surface area contributed by atoms with Gasteiger partial charge in [-0.25, -0.2) is 0 Å². The molecule has 6 nitrogen and oxygen atoms in total. The molecule has 8 heteroatoms. The van der Waals surface area contributed by atoms with Gasteiger partial charge >= 0.3 is 0 Å². The Labute approximate surface area is 174 Å². The van der Waals surface area contributed by atoms with Gasteiger partial charge in [0.25, 0.3) is 16.8 Å². The fourth-order valence-electron chi connectivity index (χ4n) is 3.07. The molecule has 2 amide bonds. The molecule has 1 heterocycles. The molecule has 29 heavy (non-hydrogen) atoms. The minimum atomic E-state index is -0.592. The lowest BCUT2D eigenvalue weighted by Crippen LogP contribution is -2.27. The monoisotopic (exact) mass is 424 g/mol. The minimum absolute atomic E-state index is 0.0107. The van der Waals surface area contributed by atoms with Crippen LogP contribution >= 0.6 is 23.4 Å². The van der Waals surface area contributed by atoms with Crippen molar-refractivity contribution in [3.05, 3.63) is 91.8 Å². The highest BCUT2D eigenvalue weighted by molar-refractivity contribution is 8.18. The minimum Gasteiger partial charge on any atom is -0.268 e. The van der Waals surface area contributed by atoms with Crippen molar-refractivity contribution in [2.75, 3.05) is 0 Å². The average Bonchev–Trinajstić information content (AvgIpc) is 2.96. The smallest absolute Gasteiger partial charge is 0.268 e. The van der Waals surface area contributed by atoms with Gasteiger partial charge < -0.3 is 0 Å². The maximum atomic E-state index is 12.7. The molecule has 0 aromatic heterocycles. The SMILES string of the molecule is O=C1SC(=Cc2ccc(Cl)c([N+](=O)[O-])c2)C(=O)N1Cc1ccc2ccccc2c1. The molecule has 0 aliphatic carbocycles. The van der Waals surface area contributed by atoms with Gasteiger partial charge in [-0.3, -0.25) is 24.6 Å². The zero-order chi connectivity index (χ0) is 20.5. The number of nitro groups is 1. The first kappa shape index (κ1) is 19.2. The van der Waals surface area contributed by atoms with Crippen molar-refractivity contribution in [1.82, 2.24) is 4.90 Å². The van der Waals surface area contributed by atoms with Gasteiger partial charge in [-0.15, -0.1) is 0 Å². The highest BCUT2D eigenvalue weighted by Gasteiger charge is 2.35. The van der Waals surface area contributed by atoms with Gasteiger partial charge in [0.15, 0.2) is 0 Å². The van der Waals surface area contributed by atoms with Crippen LogP contribution in [-0.4, -0.2) is 21.0 Å². The first-order chi connectivity index (χ1) is 13.9. The molecule has 0 atom stereocenters. The number of hydrogen-bond acceptors (Lipinski definition) is 5. The van der Waals surface area contributed by atoms with Crippen LogP contribution in [0.3, 0.4) is 0 Å². The van der Waals surface area contributed by atoms with Gasteiger partial charge in [0.05, 0.1) is 16.4 Å². The van der Waals surface area contributed by atoms with Gasteiger partial charge in [0.1, 0.15) is 5.02 Å². The number of carbonyl (C=O) groups is 2. The quantitative estimate of drug-likeness (QED) is 0.307. The van der Waals surface area contributed by atoms with Crippen LogP contribution in [0.15, 0.2) is 65.6 Å². The average molecular weight is 425 g/mol. The molecule has 0 unspecified atom stereocenters. The summed E-state index contributed by atoms with van der Waals surface area (Å²) in [4.78, 5) is 36.9. The van der Waals surface area contributed by atoms with Crippen LogP contribution in [0.5, 0.6) is 0 Å². The molecule has 0 spiro atoms. The summed E-state index contributed by atoms with van der Waals surface area (Å²) in [6.45, 7) is 0.160. The van der Waals surface area contributed by atoms with E-state index in [2.05, 4.69) is 0 Å². The molecule has 1 aliphatic heterocycles. The molecule has 3 aromatic rings. The van der Waals surface area contributed by atoms with Crippen LogP contribution in [0.25, 0.3) is 16.8 Å². The van der Waals surface area contributed by atoms with Crippen LogP contribution in [0.1, 0.15) is 11.1 Å². The van der Waals surface area contributed by atoms with Crippen LogP contribution < -0.4 is 0 Å². The summed E-state index contributed by atoms with van der Waals surface area (Å²) in [5, 5.41) is 12.8. The fourth-order valence-corrected chi connectivity index (χ4v) is 4.09. The number of amides is 2. The molecule has 1 fully saturated rings. The number of carbonyl (C=O) groups excluding carboxylic acids is 2. The van der Waals surface area contributed by atoms with E-state index in [0.29, 0.717) is 5.56 Å². The largest absolute Gasteiger partial charge is 0.293 e. The van der Waals surface area contributed by atoms with Crippen molar-refractivity contribution in [3.63, 3.8) is 0 Å². The summed E-state index contributed by atoms with van der Waals surface area (Å²) in [5.41, 5.74) is 1.02. The number of nitro benzene ring substituents is 1. The van der Waals surface area contributed by atoms with E-state index in [0.717, 1.165) is 28.1 Å². The molecule has 1 saturated heterocycles. The molecular formula is C21H13ClN2O4S. The number of nitrogens with zero attached hydrogens (tertiary/aromatic N) is 2. The van der Waals surface area contributed by atoms with Gasteiger partial charge in [0.2, 0.25) is 0 Å². The Morgan fingerprint density at radius 1 is 1.03 bits per heavy atom. The highest BCUT2D eigenvalue weighted by atomic mass is 35.5. The second-order valence-corrected chi connectivity index (χ2v) is 7.82. The fraction of sp³-hybridized carbons (Fsp3) is 0.0476. The highest BCUT2D eigenvalue weighted by Crippen LogP contribution is 2.35. The Kier molecular flexibility index (Phi) is 5.08. The predicted octanol–water partition coefficient (Wildman–Crippen LogP) is 5.64. The summed E-state index contributed by atoms with van der Waals surface area (Å²) in [6, 6.07) is 17.9. The molecule has 0 saturated carbocycles. The van der Waals surface area contributed by atoms with E-state index in [-0.39, 0.29) is 27.4 Å². The van der Waals surface area contributed by atoms with Crippen molar-refractivity contribution in [1.29, 1.82) is 0 Å². The molecule has 0 radical (unpaired) electrons. The Hall–Kier alpha value is -3.16. The third kappa shape index (κ3) is 3.87. The molecule has 1 aliphatic rings. The zero-order valence-electron chi connectivity index (χ0n) is 14.9. The topological polar surface area (TPSA) is 80.5 Å². The Bertz CT molecular complexity index is 1210. The number of hydrogen-bond donors (Lipinski definition) is 0. The van der Waals surface area contributed by atoms with Crippen molar-refractivity contribution in [2.24, 2.45) is 0 Å². The molecule has 144 valence electrons. The van der Waals surface area contributed by atoms with Gasteiger partial charge in [-0.1, -0.05) is 54.1 Å². The number of rotatable bonds is 4. The number of benzene rings is 3. The van der Waals surface area contributed by atoms with E-state index in [4.69, 9.17) is 11.6 Å². The maximum absolute atomic E-state index is 12.7. The molecular weight excluding hydrogens is 412 g/mol. The van der Waals surface area contributed by atoms with Crippen LogP contribution in [-0.2, 0) is 11.3 Å². The second-order valence-electron chi connectivity index (χ2n) is 6.42. The second kappa shape index (κ2) is 7.69. The van der Waals surface area contributed by atoms with Crippen molar-refractivity contribution in [2.45, 2.75) is 6.54 Å². The van der Waals surface area contributed by atoms with E-state index in [1.165, 1.54) is 23.1 Å². The molecule has 0 bridgehead atoms. The van der Waals surface area contributed by atoms with E-state index in [1.54, 1.807) is 6.07 Å². The zero-order valence-corrected chi connectivity index (χ0v) is 16.4. The number of fused-ring (bicyclic) bond motifs is 1. The predicted molar refractivity (Wildman–Crippen MR) is 114 cm³/mol. The van der Waals surface area contributed by atoms with E-state index in [9.17, 15) is 19.7 Å². The lowest BCUT2D eigenvalue weighted by Gasteiger charge is -2.13. The van der Waals surface area contributed by atoms with Crippen molar-refractivity contribution >= 4 is 57.0 Å². The van der Waals surface area contributed by atoms with Crippen LogP contribution in [0.4, 0.5) is 10.5 Å². The van der Waals surface area contributed by atoms with E-state index >= 15 is 0 Å². The van der Waals surface area contributed by atoms with Crippen LogP contribution in [0.2, 0.25) is 5.02 Å². The summed E-state index contributed by atoms with van der Waals surface area (Å²) >= 11 is 6.63. The standard InChI is InChI=1S/C21H13ClN2O4S/c22-17-8-6-13(10-18(17)24(27)28)11-19-20(25)23(21(26)29-19)12-14-5-7-15-3-1-2-4-16(15)9-14/h1-11H,12H2. The van der Waals surface area contributed by atoms with Crippen molar-refractivity contribution < 1.29 is 14.5 Å².